The predicted octanol–water partition coefficient (Wildman–Crippen LogP) is 5.92. The number of piperidine rings is 2. The van der Waals surface area contributed by atoms with Crippen LogP contribution in [0.4, 0.5) is 11.4 Å². The van der Waals surface area contributed by atoms with Crippen molar-refractivity contribution >= 4 is 23.3 Å². The summed E-state index contributed by atoms with van der Waals surface area (Å²) in [5.74, 6) is 0.276. The molecule has 2 aliphatic rings. The molecule has 3 aromatic carbocycles. The van der Waals surface area contributed by atoms with E-state index in [-0.39, 0.29) is 11.7 Å². The molecule has 230 valence electrons. The van der Waals surface area contributed by atoms with E-state index in [9.17, 15) is 9.90 Å². The summed E-state index contributed by atoms with van der Waals surface area (Å²) < 4.78 is 6.04. The minimum absolute atomic E-state index is 0.00870. The number of carboxylic acids is 1. The SMILES string of the molecule is CC(=O)O.O=C(Nc1ccc(Oc2cc(N3CCCCC3)ccc2O)cc1)C1(c2ccc(-c3cn[nH]c3)cc2)CCNCC1. The minimum atomic E-state index is -0.833. The van der Waals surface area contributed by atoms with Crippen LogP contribution in [0.2, 0.25) is 0 Å². The van der Waals surface area contributed by atoms with Gasteiger partial charge in [0.15, 0.2) is 11.5 Å². The molecule has 4 aromatic rings. The molecule has 44 heavy (non-hydrogen) atoms. The number of phenolic OH excluding ortho intramolecular Hbond substituents is 1. The number of aromatic amines is 1. The van der Waals surface area contributed by atoms with Gasteiger partial charge in [-0.25, -0.2) is 0 Å². The molecular weight excluding hydrogens is 558 g/mol. The summed E-state index contributed by atoms with van der Waals surface area (Å²) in [6.07, 6.45) is 8.72. The van der Waals surface area contributed by atoms with Gasteiger partial charge in [0.1, 0.15) is 5.75 Å². The normalized spacial score (nSPS) is 15.9. The van der Waals surface area contributed by atoms with Crippen molar-refractivity contribution in [2.45, 2.75) is 44.4 Å². The van der Waals surface area contributed by atoms with Gasteiger partial charge in [0.05, 0.1) is 11.6 Å². The van der Waals surface area contributed by atoms with Crippen LogP contribution in [-0.2, 0) is 15.0 Å². The lowest BCUT2D eigenvalue weighted by atomic mass is 9.72. The minimum Gasteiger partial charge on any atom is -0.504 e. The van der Waals surface area contributed by atoms with Crippen LogP contribution in [-0.4, -0.2) is 58.5 Å². The maximum atomic E-state index is 13.8. The fourth-order valence-electron chi connectivity index (χ4n) is 5.81. The van der Waals surface area contributed by atoms with E-state index in [1.54, 1.807) is 12.3 Å². The van der Waals surface area contributed by atoms with E-state index in [0.717, 1.165) is 68.3 Å². The van der Waals surface area contributed by atoms with Gasteiger partial charge in [-0.1, -0.05) is 24.3 Å². The standard InChI is InChI=1S/C32H35N5O3.C2H4O2/c38-29-13-10-27(37-18-2-1-3-19-37)20-30(29)40-28-11-8-26(9-12-28)36-31(39)32(14-16-33-17-15-32)25-6-4-23(5-7-25)24-21-34-35-22-24;1-2(3)4/h4-13,20-22,33,38H,1-3,14-19H2,(H,34,35)(H,36,39);1H3,(H,3,4). The van der Waals surface area contributed by atoms with E-state index in [0.29, 0.717) is 17.2 Å². The first-order valence-electron chi connectivity index (χ1n) is 15.0. The first kappa shape index (κ1) is 30.6. The van der Waals surface area contributed by atoms with Crippen LogP contribution in [0.1, 0.15) is 44.6 Å². The molecule has 0 saturated carbocycles. The molecule has 1 aromatic heterocycles. The number of hydrogen-bond acceptors (Lipinski definition) is 7. The average molecular weight is 598 g/mol. The molecule has 1 amide bonds. The van der Waals surface area contributed by atoms with Crippen molar-refractivity contribution in [3.05, 3.63) is 84.7 Å². The van der Waals surface area contributed by atoms with Crippen LogP contribution in [0.3, 0.4) is 0 Å². The van der Waals surface area contributed by atoms with Crippen LogP contribution < -0.4 is 20.3 Å². The Morgan fingerprint density at radius 2 is 1.61 bits per heavy atom. The van der Waals surface area contributed by atoms with Gasteiger partial charge in [-0.3, -0.25) is 14.7 Å². The van der Waals surface area contributed by atoms with Gasteiger partial charge in [-0.05, 0) is 92.7 Å². The number of hydrogen-bond donors (Lipinski definition) is 5. The van der Waals surface area contributed by atoms with E-state index in [4.69, 9.17) is 14.6 Å². The van der Waals surface area contributed by atoms with E-state index in [2.05, 4.69) is 50.0 Å². The number of carbonyl (C=O) groups excluding carboxylic acids is 1. The highest BCUT2D eigenvalue weighted by molar-refractivity contribution is 5.99. The van der Waals surface area contributed by atoms with Crippen molar-refractivity contribution < 1.29 is 24.5 Å². The number of amides is 1. The second kappa shape index (κ2) is 14.1. The smallest absolute Gasteiger partial charge is 0.300 e. The molecule has 3 heterocycles. The average Bonchev–Trinajstić information content (AvgIpc) is 3.59. The summed E-state index contributed by atoms with van der Waals surface area (Å²) in [5.41, 5.74) is 4.24. The molecule has 2 fully saturated rings. The number of aromatic nitrogens is 2. The molecule has 2 aliphatic heterocycles. The topological polar surface area (TPSA) is 140 Å². The van der Waals surface area contributed by atoms with E-state index < -0.39 is 11.4 Å². The number of nitrogens with zero attached hydrogens (tertiary/aromatic N) is 2. The third-order valence-electron chi connectivity index (χ3n) is 8.17. The fourth-order valence-corrected chi connectivity index (χ4v) is 5.81. The lowest BCUT2D eigenvalue weighted by molar-refractivity contribution is -0.134. The number of aromatic hydroxyl groups is 1. The van der Waals surface area contributed by atoms with Gasteiger partial charge in [0.2, 0.25) is 5.91 Å². The Morgan fingerprint density at radius 3 is 2.25 bits per heavy atom. The largest absolute Gasteiger partial charge is 0.504 e. The summed E-state index contributed by atoms with van der Waals surface area (Å²) in [4.78, 5) is 25.1. The Balaban J connectivity index is 0.000000906. The van der Waals surface area contributed by atoms with Crippen molar-refractivity contribution in [2.75, 3.05) is 36.4 Å². The zero-order valence-electron chi connectivity index (χ0n) is 24.9. The van der Waals surface area contributed by atoms with Crippen LogP contribution >= 0.6 is 0 Å². The molecule has 2 saturated heterocycles. The van der Waals surface area contributed by atoms with Crippen molar-refractivity contribution in [3.63, 3.8) is 0 Å². The predicted molar refractivity (Wildman–Crippen MR) is 170 cm³/mol. The summed E-state index contributed by atoms with van der Waals surface area (Å²) in [6, 6.07) is 21.1. The number of rotatable bonds is 7. The number of aliphatic carboxylic acids is 1. The number of carbonyl (C=O) groups is 2. The number of benzene rings is 3. The Bertz CT molecular complexity index is 1520. The Kier molecular flexibility index (Phi) is 9.81. The van der Waals surface area contributed by atoms with Gasteiger partial charge in [-0.15, -0.1) is 0 Å². The van der Waals surface area contributed by atoms with Gasteiger partial charge in [-0.2, -0.15) is 5.10 Å². The highest BCUT2D eigenvalue weighted by Crippen LogP contribution is 2.38. The highest BCUT2D eigenvalue weighted by Gasteiger charge is 2.41. The number of H-pyrrole nitrogens is 1. The molecule has 10 heteroatoms. The number of ether oxygens (including phenoxy) is 1. The first-order chi connectivity index (χ1) is 21.3. The van der Waals surface area contributed by atoms with Crippen LogP contribution in [0, 0.1) is 0 Å². The van der Waals surface area contributed by atoms with E-state index in [1.165, 1.54) is 19.3 Å². The van der Waals surface area contributed by atoms with Crippen LogP contribution in [0.25, 0.3) is 11.1 Å². The summed E-state index contributed by atoms with van der Waals surface area (Å²) >= 11 is 0. The van der Waals surface area contributed by atoms with Crippen LogP contribution in [0.15, 0.2) is 79.1 Å². The molecule has 5 N–H and O–H groups in total. The quantitative estimate of drug-likeness (QED) is 0.177. The Morgan fingerprint density at radius 1 is 0.932 bits per heavy atom. The Labute approximate surface area is 257 Å². The summed E-state index contributed by atoms with van der Waals surface area (Å²) in [7, 11) is 0. The first-order valence-corrected chi connectivity index (χ1v) is 15.0. The molecule has 0 radical (unpaired) electrons. The van der Waals surface area contributed by atoms with E-state index >= 15 is 0 Å². The maximum Gasteiger partial charge on any atom is 0.300 e. The summed E-state index contributed by atoms with van der Waals surface area (Å²) in [5, 5.41) is 31.3. The molecule has 0 spiro atoms. The van der Waals surface area contributed by atoms with Crippen LogP contribution in [0.5, 0.6) is 17.2 Å². The molecule has 0 aliphatic carbocycles. The van der Waals surface area contributed by atoms with Crippen molar-refractivity contribution in [3.8, 4) is 28.4 Å². The van der Waals surface area contributed by atoms with Gasteiger partial charge < -0.3 is 30.5 Å². The van der Waals surface area contributed by atoms with Crippen molar-refractivity contribution in [2.24, 2.45) is 0 Å². The number of phenols is 1. The second-order valence-electron chi connectivity index (χ2n) is 11.2. The second-order valence-corrected chi connectivity index (χ2v) is 11.2. The third-order valence-corrected chi connectivity index (χ3v) is 8.17. The fraction of sp³-hybridized carbons (Fsp3) is 0.324. The monoisotopic (exact) mass is 597 g/mol. The molecule has 0 atom stereocenters. The highest BCUT2D eigenvalue weighted by atomic mass is 16.5. The van der Waals surface area contributed by atoms with Gasteiger partial charge >= 0.3 is 0 Å². The molecule has 0 unspecified atom stereocenters. The number of carboxylic acid groups (broad SMARTS) is 1. The maximum absolute atomic E-state index is 13.8. The molecule has 10 nitrogen and oxygen atoms in total. The Hall–Kier alpha value is -4.83. The van der Waals surface area contributed by atoms with Crippen molar-refractivity contribution in [1.82, 2.24) is 15.5 Å². The zero-order valence-corrected chi connectivity index (χ0v) is 24.9. The number of anilines is 2. The van der Waals surface area contributed by atoms with Gasteiger partial charge in [0, 0.05) is 49.2 Å². The summed E-state index contributed by atoms with van der Waals surface area (Å²) in [6.45, 7) is 4.68. The number of nitrogens with one attached hydrogen (secondary N) is 3. The zero-order chi connectivity index (χ0) is 30.9. The molecular formula is C34H39N5O5. The van der Waals surface area contributed by atoms with E-state index in [1.807, 2.05) is 42.6 Å². The lowest BCUT2D eigenvalue weighted by Gasteiger charge is -2.37. The third kappa shape index (κ3) is 7.38. The molecule has 6 rings (SSSR count). The van der Waals surface area contributed by atoms with Crippen molar-refractivity contribution in [1.29, 1.82) is 0 Å². The van der Waals surface area contributed by atoms with Gasteiger partial charge in [0.25, 0.3) is 5.97 Å². The lowest BCUT2D eigenvalue weighted by Crippen LogP contribution is -2.48. The molecule has 0 bridgehead atoms.